The summed E-state index contributed by atoms with van der Waals surface area (Å²) in [6.07, 6.45) is 0.777. The van der Waals surface area contributed by atoms with Crippen LogP contribution in [-0.2, 0) is 10.3 Å². The zero-order valence-electron chi connectivity index (χ0n) is 14.4. The first-order valence-corrected chi connectivity index (χ1v) is 8.06. The van der Waals surface area contributed by atoms with Gasteiger partial charge < -0.3 is 14.7 Å². The lowest BCUT2D eigenvalue weighted by Gasteiger charge is -2.38. The van der Waals surface area contributed by atoms with Gasteiger partial charge in [0.25, 0.3) is 0 Å². The summed E-state index contributed by atoms with van der Waals surface area (Å²) >= 11 is 0. The number of aliphatic hydroxyl groups is 1. The fourth-order valence-electron chi connectivity index (χ4n) is 2.42. The molecular formula is C18H29NO3. The van der Waals surface area contributed by atoms with Crippen LogP contribution in [0.15, 0.2) is 30.3 Å². The lowest BCUT2D eigenvalue weighted by Crippen LogP contribution is -2.46. The molecule has 1 heterocycles. The number of likely N-dealkylation sites (tertiary alicyclic amines) is 1. The van der Waals surface area contributed by atoms with Crippen LogP contribution in [0.4, 0.5) is 4.79 Å². The van der Waals surface area contributed by atoms with Gasteiger partial charge in [-0.2, -0.15) is 0 Å². The van der Waals surface area contributed by atoms with Crippen molar-refractivity contribution in [1.29, 1.82) is 0 Å². The lowest BCUT2D eigenvalue weighted by molar-refractivity contribution is -0.0356. The maximum absolute atomic E-state index is 12.0. The Morgan fingerprint density at radius 1 is 1.14 bits per heavy atom. The van der Waals surface area contributed by atoms with Crippen LogP contribution in [0.5, 0.6) is 0 Å². The lowest BCUT2D eigenvalue weighted by atomic mass is 9.84. The zero-order chi connectivity index (χ0) is 16.8. The van der Waals surface area contributed by atoms with Gasteiger partial charge >= 0.3 is 6.09 Å². The number of carbonyl (C=O) groups excluding carboxylic acids is 1. The van der Waals surface area contributed by atoms with Gasteiger partial charge in [-0.05, 0) is 39.2 Å². The number of amides is 1. The van der Waals surface area contributed by atoms with Crippen LogP contribution in [0.2, 0.25) is 0 Å². The van der Waals surface area contributed by atoms with E-state index in [1.54, 1.807) is 4.90 Å². The minimum Gasteiger partial charge on any atom is -0.444 e. The van der Waals surface area contributed by atoms with E-state index in [0.29, 0.717) is 25.9 Å². The van der Waals surface area contributed by atoms with Crippen LogP contribution < -0.4 is 0 Å². The standard InChI is InChI=1S/C16H23NO3.C2H6/c1-15(2,3)20-14(18)17-11-9-16(19,10-12-17)13-7-5-4-6-8-13;1-2/h4-8,19H,9-12H2,1-3H3;1-2H3. The quantitative estimate of drug-likeness (QED) is 0.855. The van der Waals surface area contributed by atoms with Gasteiger partial charge in [0.2, 0.25) is 0 Å². The summed E-state index contributed by atoms with van der Waals surface area (Å²) in [5, 5.41) is 10.7. The highest BCUT2D eigenvalue weighted by atomic mass is 16.6. The van der Waals surface area contributed by atoms with Crippen LogP contribution >= 0.6 is 0 Å². The molecule has 0 unspecified atom stereocenters. The highest BCUT2D eigenvalue weighted by molar-refractivity contribution is 5.68. The first-order valence-electron chi connectivity index (χ1n) is 8.06. The van der Waals surface area contributed by atoms with E-state index in [1.807, 2.05) is 65.0 Å². The Hall–Kier alpha value is -1.55. The van der Waals surface area contributed by atoms with Crippen molar-refractivity contribution >= 4 is 6.09 Å². The summed E-state index contributed by atoms with van der Waals surface area (Å²) in [6, 6.07) is 9.65. The maximum Gasteiger partial charge on any atom is 0.410 e. The number of hydrogen-bond donors (Lipinski definition) is 1. The summed E-state index contributed by atoms with van der Waals surface area (Å²) in [5.41, 5.74) is -0.395. The Kier molecular flexibility index (Phi) is 6.42. The van der Waals surface area contributed by atoms with Crippen molar-refractivity contribution in [2.45, 2.75) is 58.7 Å². The van der Waals surface area contributed by atoms with Gasteiger partial charge in [-0.15, -0.1) is 0 Å². The normalized spacial score (nSPS) is 17.3. The minimum absolute atomic E-state index is 0.299. The molecule has 0 aromatic heterocycles. The SMILES string of the molecule is CC.CC(C)(C)OC(=O)N1CCC(O)(c2ccccc2)CC1. The third kappa shape index (κ3) is 5.02. The molecule has 0 spiro atoms. The number of benzene rings is 1. The summed E-state index contributed by atoms with van der Waals surface area (Å²) in [6.45, 7) is 10.6. The average molecular weight is 307 g/mol. The summed E-state index contributed by atoms with van der Waals surface area (Å²) < 4.78 is 5.36. The Balaban J connectivity index is 0.00000116. The Morgan fingerprint density at radius 2 is 1.64 bits per heavy atom. The highest BCUT2D eigenvalue weighted by Crippen LogP contribution is 2.32. The number of nitrogens with zero attached hydrogens (tertiary/aromatic N) is 1. The van der Waals surface area contributed by atoms with Gasteiger partial charge in [0.15, 0.2) is 0 Å². The molecule has 1 aromatic carbocycles. The third-order valence-electron chi connectivity index (χ3n) is 3.55. The highest BCUT2D eigenvalue weighted by Gasteiger charge is 2.36. The first-order chi connectivity index (χ1) is 10.3. The van der Waals surface area contributed by atoms with Crippen LogP contribution in [0, 0.1) is 0 Å². The molecule has 0 aliphatic carbocycles. The molecule has 2 rings (SSSR count). The van der Waals surface area contributed by atoms with E-state index in [0.717, 1.165) is 5.56 Å². The molecule has 1 fully saturated rings. The topological polar surface area (TPSA) is 49.8 Å². The third-order valence-corrected chi connectivity index (χ3v) is 3.55. The van der Waals surface area contributed by atoms with E-state index in [1.165, 1.54) is 0 Å². The van der Waals surface area contributed by atoms with E-state index in [9.17, 15) is 9.90 Å². The molecule has 0 atom stereocenters. The van der Waals surface area contributed by atoms with Gasteiger partial charge in [0.1, 0.15) is 5.60 Å². The van der Waals surface area contributed by atoms with Crippen molar-refractivity contribution in [2.75, 3.05) is 13.1 Å². The van der Waals surface area contributed by atoms with Crippen molar-refractivity contribution in [2.24, 2.45) is 0 Å². The molecule has 1 aliphatic rings. The molecule has 22 heavy (non-hydrogen) atoms. The second-order valence-corrected chi connectivity index (χ2v) is 6.37. The molecule has 1 N–H and O–H groups in total. The molecule has 4 heteroatoms. The van der Waals surface area contributed by atoms with Crippen molar-refractivity contribution < 1.29 is 14.6 Å². The molecule has 0 saturated carbocycles. The Morgan fingerprint density at radius 3 is 2.09 bits per heavy atom. The number of ether oxygens (including phenoxy) is 1. The van der Waals surface area contributed by atoms with Gasteiger partial charge in [-0.1, -0.05) is 44.2 Å². The minimum atomic E-state index is -0.834. The second kappa shape index (κ2) is 7.63. The van der Waals surface area contributed by atoms with Crippen LogP contribution in [-0.4, -0.2) is 34.8 Å². The van der Waals surface area contributed by atoms with Gasteiger partial charge in [0, 0.05) is 13.1 Å². The fourth-order valence-corrected chi connectivity index (χ4v) is 2.42. The molecule has 0 bridgehead atoms. The molecule has 4 nitrogen and oxygen atoms in total. The number of carbonyl (C=O) groups is 1. The summed E-state index contributed by atoms with van der Waals surface area (Å²) in [7, 11) is 0. The van der Waals surface area contributed by atoms with E-state index >= 15 is 0 Å². The van der Waals surface area contributed by atoms with E-state index in [2.05, 4.69) is 0 Å². The molecule has 1 aromatic rings. The van der Waals surface area contributed by atoms with E-state index in [-0.39, 0.29) is 6.09 Å². The molecule has 1 aliphatic heterocycles. The predicted octanol–water partition coefficient (Wildman–Crippen LogP) is 3.93. The van der Waals surface area contributed by atoms with Crippen molar-refractivity contribution in [3.05, 3.63) is 35.9 Å². The smallest absolute Gasteiger partial charge is 0.410 e. The summed E-state index contributed by atoms with van der Waals surface area (Å²) in [5.74, 6) is 0. The van der Waals surface area contributed by atoms with Crippen molar-refractivity contribution in [3.63, 3.8) is 0 Å². The predicted molar refractivity (Wildman–Crippen MR) is 88.7 cm³/mol. The first kappa shape index (κ1) is 18.5. The van der Waals surface area contributed by atoms with Crippen molar-refractivity contribution in [1.82, 2.24) is 4.90 Å². The molecular weight excluding hydrogens is 278 g/mol. The Labute approximate surface area is 134 Å². The number of rotatable bonds is 1. The molecule has 0 radical (unpaired) electrons. The van der Waals surface area contributed by atoms with Gasteiger partial charge in [-0.3, -0.25) is 0 Å². The van der Waals surface area contributed by atoms with Crippen LogP contribution in [0.25, 0.3) is 0 Å². The largest absolute Gasteiger partial charge is 0.444 e. The monoisotopic (exact) mass is 307 g/mol. The van der Waals surface area contributed by atoms with Crippen molar-refractivity contribution in [3.8, 4) is 0 Å². The second-order valence-electron chi connectivity index (χ2n) is 6.37. The molecule has 1 saturated heterocycles. The fraction of sp³-hybridized carbons (Fsp3) is 0.611. The number of piperidine rings is 1. The van der Waals surface area contributed by atoms with Gasteiger partial charge in [-0.25, -0.2) is 4.79 Å². The average Bonchev–Trinajstić information content (AvgIpc) is 2.49. The zero-order valence-corrected chi connectivity index (χ0v) is 14.4. The summed E-state index contributed by atoms with van der Waals surface area (Å²) in [4.78, 5) is 13.7. The van der Waals surface area contributed by atoms with E-state index < -0.39 is 11.2 Å². The number of hydrogen-bond acceptors (Lipinski definition) is 3. The van der Waals surface area contributed by atoms with Crippen LogP contribution in [0.3, 0.4) is 0 Å². The van der Waals surface area contributed by atoms with E-state index in [4.69, 9.17) is 4.74 Å². The Bertz CT molecular complexity index is 457. The van der Waals surface area contributed by atoms with Gasteiger partial charge in [0.05, 0.1) is 5.60 Å². The molecule has 1 amide bonds. The maximum atomic E-state index is 12.0. The molecule has 124 valence electrons. The van der Waals surface area contributed by atoms with Crippen LogP contribution in [0.1, 0.15) is 53.0 Å².